The average Bonchev–Trinajstić information content (AvgIpc) is 3.00. The van der Waals surface area contributed by atoms with E-state index < -0.39 is 17.9 Å². The third kappa shape index (κ3) is 8.56. The van der Waals surface area contributed by atoms with Gasteiger partial charge in [-0.05, 0) is 55.4 Å². The van der Waals surface area contributed by atoms with Crippen molar-refractivity contribution in [3.63, 3.8) is 0 Å². The molecule has 5 heteroatoms. The number of benzene rings is 3. The van der Waals surface area contributed by atoms with Crippen LogP contribution in [0.15, 0.2) is 66.7 Å². The molecular formula is C36H43F3O2. The van der Waals surface area contributed by atoms with E-state index in [0.29, 0.717) is 53.4 Å². The third-order valence-electron chi connectivity index (χ3n) is 7.92. The predicted octanol–water partition coefficient (Wildman–Crippen LogP) is 10.7. The molecule has 1 heterocycles. The standard InChI is InChI=1S/C36H43F3O2/c1-3-5-7-9-10-11-13-26-24-40-36(41-25-26)30-20-21-31(33(37)23-30)27-15-17-28(18-16-27)32-22-19-29(34(38)35(32)39)14-12-8-6-4-2/h4,6,15-23,26,36H,3,5,7-14,24-25H2,1-2H3/b6-4-. The van der Waals surface area contributed by atoms with Gasteiger partial charge in [-0.3, -0.25) is 0 Å². The van der Waals surface area contributed by atoms with Crippen LogP contribution < -0.4 is 0 Å². The minimum atomic E-state index is -0.849. The van der Waals surface area contributed by atoms with E-state index >= 15 is 4.39 Å². The van der Waals surface area contributed by atoms with Crippen molar-refractivity contribution < 1.29 is 22.6 Å². The van der Waals surface area contributed by atoms with Crippen molar-refractivity contribution in [2.75, 3.05) is 13.2 Å². The van der Waals surface area contributed by atoms with Crippen LogP contribution in [-0.4, -0.2) is 13.2 Å². The Labute approximate surface area is 243 Å². The predicted molar refractivity (Wildman–Crippen MR) is 161 cm³/mol. The molecule has 0 aromatic heterocycles. The maximum atomic E-state index is 15.2. The van der Waals surface area contributed by atoms with Gasteiger partial charge in [-0.1, -0.05) is 106 Å². The van der Waals surface area contributed by atoms with E-state index in [1.165, 1.54) is 44.6 Å². The molecule has 220 valence electrons. The quantitative estimate of drug-likeness (QED) is 0.143. The number of ether oxygens (including phenoxy) is 2. The molecule has 3 aromatic carbocycles. The smallest absolute Gasteiger partial charge is 0.183 e. The minimum absolute atomic E-state index is 0.198. The first kappa shape index (κ1) is 31.1. The minimum Gasteiger partial charge on any atom is -0.348 e. The van der Waals surface area contributed by atoms with Gasteiger partial charge in [0.25, 0.3) is 0 Å². The van der Waals surface area contributed by atoms with Gasteiger partial charge in [0.2, 0.25) is 0 Å². The lowest BCUT2D eigenvalue weighted by molar-refractivity contribution is -0.206. The maximum absolute atomic E-state index is 15.2. The normalized spacial score (nSPS) is 17.4. The van der Waals surface area contributed by atoms with E-state index in [1.807, 2.05) is 25.1 Å². The van der Waals surface area contributed by atoms with Crippen LogP contribution in [0.2, 0.25) is 0 Å². The highest BCUT2D eigenvalue weighted by atomic mass is 19.2. The van der Waals surface area contributed by atoms with Crippen LogP contribution in [0, 0.1) is 23.4 Å². The highest BCUT2D eigenvalue weighted by Crippen LogP contribution is 2.33. The summed E-state index contributed by atoms with van der Waals surface area (Å²) in [5.41, 5.74) is 2.87. The second-order valence-corrected chi connectivity index (χ2v) is 11.1. The highest BCUT2D eigenvalue weighted by Gasteiger charge is 2.24. The summed E-state index contributed by atoms with van der Waals surface area (Å²) in [5.74, 6) is -1.64. The summed E-state index contributed by atoms with van der Waals surface area (Å²) in [6.07, 6.45) is 14.2. The average molecular weight is 565 g/mol. The fraction of sp³-hybridized carbons (Fsp3) is 0.444. The van der Waals surface area contributed by atoms with E-state index in [9.17, 15) is 8.78 Å². The van der Waals surface area contributed by atoms with Crippen molar-refractivity contribution in [2.24, 2.45) is 5.92 Å². The van der Waals surface area contributed by atoms with E-state index in [2.05, 4.69) is 6.92 Å². The molecule has 41 heavy (non-hydrogen) atoms. The van der Waals surface area contributed by atoms with E-state index in [0.717, 1.165) is 19.3 Å². The zero-order valence-corrected chi connectivity index (χ0v) is 24.4. The Morgan fingerprint density at radius 3 is 2.10 bits per heavy atom. The molecule has 3 aromatic rings. The molecule has 0 N–H and O–H groups in total. The van der Waals surface area contributed by atoms with E-state index in [1.54, 1.807) is 42.5 Å². The van der Waals surface area contributed by atoms with Gasteiger partial charge in [-0.2, -0.15) is 0 Å². The molecule has 0 unspecified atom stereocenters. The number of unbranched alkanes of at least 4 members (excludes halogenated alkanes) is 6. The molecule has 1 aliphatic rings. The molecule has 1 saturated heterocycles. The van der Waals surface area contributed by atoms with Gasteiger partial charge in [0.15, 0.2) is 17.9 Å². The Bertz CT molecular complexity index is 1260. The van der Waals surface area contributed by atoms with E-state index in [-0.39, 0.29) is 11.4 Å². The Kier molecular flexibility index (Phi) is 12.1. The van der Waals surface area contributed by atoms with Crippen molar-refractivity contribution >= 4 is 0 Å². The zero-order valence-electron chi connectivity index (χ0n) is 24.4. The first-order valence-electron chi connectivity index (χ1n) is 15.2. The number of halogens is 3. The van der Waals surface area contributed by atoms with Gasteiger partial charge in [0, 0.05) is 22.6 Å². The molecular weight excluding hydrogens is 521 g/mol. The van der Waals surface area contributed by atoms with Crippen molar-refractivity contribution in [1.29, 1.82) is 0 Å². The van der Waals surface area contributed by atoms with E-state index in [4.69, 9.17) is 9.47 Å². The Morgan fingerprint density at radius 1 is 0.756 bits per heavy atom. The zero-order chi connectivity index (χ0) is 29.0. The van der Waals surface area contributed by atoms with Crippen molar-refractivity contribution in [3.05, 3.63) is 95.3 Å². The second kappa shape index (κ2) is 15.9. The van der Waals surface area contributed by atoms with Crippen molar-refractivity contribution in [3.8, 4) is 22.3 Å². The second-order valence-electron chi connectivity index (χ2n) is 11.1. The van der Waals surface area contributed by atoms with Gasteiger partial charge >= 0.3 is 0 Å². The lowest BCUT2D eigenvalue weighted by atomic mass is 9.97. The number of hydrogen-bond acceptors (Lipinski definition) is 2. The molecule has 0 aliphatic carbocycles. The third-order valence-corrected chi connectivity index (χ3v) is 7.92. The molecule has 2 nitrogen and oxygen atoms in total. The SMILES string of the molecule is C/C=C\CCCc1ccc(-c2ccc(-c3ccc(C4OCC(CCCCCCCC)CO4)cc3F)cc2)c(F)c1F. The summed E-state index contributed by atoms with van der Waals surface area (Å²) in [6, 6.07) is 15.1. The first-order chi connectivity index (χ1) is 20.0. The van der Waals surface area contributed by atoms with Crippen LogP contribution in [0.5, 0.6) is 0 Å². The topological polar surface area (TPSA) is 18.5 Å². The molecule has 0 amide bonds. The summed E-state index contributed by atoms with van der Waals surface area (Å²) in [6.45, 7) is 5.42. The molecule has 1 fully saturated rings. The molecule has 0 saturated carbocycles. The molecule has 0 radical (unpaired) electrons. The highest BCUT2D eigenvalue weighted by molar-refractivity contribution is 5.71. The number of hydrogen-bond donors (Lipinski definition) is 0. The number of allylic oxidation sites excluding steroid dienone is 2. The van der Waals surface area contributed by atoms with Gasteiger partial charge in [0.05, 0.1) is 13.2 Å². The number of rotatable bonds is 14. The monoisotopic (exact) mass is 564 g/mol. The fourth-order valence-electron chi connectivity index (χ4n) is 5.44. The van der Waals surface area contributed by atoms with Gasteiger partial charge < -0.3 is 9.47 Å². The van der Waals surface area contributed by atoms with Gasteiger partial charge in [0.1, 0.15) is 5.82 Å². The van der Waals surface area contributed by atoms with Crippen LogP contribution in [0.4, 0.5) is 13.2 Å². The lowest BCUT2D eigenvalue weighted by Gasteiger charge is -2.29. The molecule has 0 spiro atoms. The van der Waals surface area contributed by atoms with Crippen molar-refractivity contribution in [2.45, 2.75) is 84.3 Å². The van der Waals surface area contributed by atoms with Crippen LogP contribution in [0.3, 0.4) is 0 Å². The summed E-state index contributed by atoms with van der Waals surface area (Å²) in [7, 11) is 0. The molecule has 1 aliphatic heterocycles. The summed E-state index contributed by atoms with van der Waals surface area (Å²) in [4.78, 5) is 0. The van der Waals surface area contributed by atoms with Crippen LogP contribution in [0.25, 0.3) is 22.3 Å². The summed E-state index contributed by atoms with van der Waals surface area (Å²) >= 11 is 0. The Hall–Kier alpha value is -2.89. The summed E-state index contributed by atoms with van der Waals surface area (Å²) < 4.78 is 56.7. The first-order valence-corrected chi connectivity index (χ1v) is 15.2. The lowest BCUT2D eigenvalue weighted by Crippen LogP contribution is -2.27. The van der Waals surface area contributed by atoms with Gasteiger partial charge in [-0.25, -0.2) is 13.2 Å². The van der Waals surface area contributed by atoms with Gasteiger partial charge in [-0.15, -0.1) is 0 Å². The molecule has 0 bridgehead atoms. The molecule has 4 rings (SSSR count). The van der Waals surface area contributed by atoms with Crippen LogP contribution in [-0.2, 0) is 15.9 Å². The maximum Gasteiger partial charge on any atom is 0.183 e. The van der Waals surface area contributed by atoms with Crippen LogP contribution in [0.1, 0.15) is 89.1 Å². The Balaban J connectivity index is 1.34. The number of aryl methyl sites for hydroxylation is 1. The Morgan fingerprint density at radius 2 is 1.41 bits per heavy atom. The largest absolute Gasteiger partial charge is 0.348 e. The van der Waals surface area contributed by atoms with Crippen molar-refractivity contribution in [1.82, 2.24) is 0 Å². The molecule has 0 atom stereocenters. The van der Waals surface area contributed by atoms with Crippen LogP contribution >= 0.6 is 0 Å². The fourth-order valence-corrected chi connectivity index (χ4v) is 5.44. The summed E-state index contributed by atoms with van der Waals surface area (Å²) in [5, 5.41) is 0.